The number of nitrogens with one attached hydrogen (secondary N) is 1. The molecule has 0 radical (unpaired) electrons. The van der Waals surface area contributed by atoms with Crippen LogP contribution in [0.4, 0.5) is 5.69 Å². The molecular weight excluding hydrogens is 382 g/mol. The SMILES string of the molecule is Cc1ccc(-c2noc(-c3ncccn3)n2)cc1NC(=O)c1cnc2ccccn12. The molecule has 5 rings (SSSR count). The maximum Gasteiger partial charge on any atom is 0.296 e. The van der Waals surface area contributed by atoms with Gasteiger partial charge in [0.15, 0.2) is 0 Å². The van der Waals surface area contributed by atoms with Gasteiger partial charge in [0.1, 0.15) is 11.3 Å². The molecule has 0 aliphatic carbocycles. The number of fused-ring (bicyclic) bond motifs is 1. The first kappa shape index (κ1) is 17.7. The summed E-state index contributed by atoms with van der Waals surface area (Å²) in [6.07, 6.45) is 6.56. The van der Waals surface area contributed by atoms with E-state index in [2.05, 4.69) is 30.4 Å². The van der Waals surface area contributed by atoms with Gasteiger partial charge in [-0.25, -0.2) is 15.0 Å². The van der Waals surface area contributed by atoms with Crippen LogP contribution in [0.2, 0.25) is 0 Å². The van der Waals surface area contributed by atoms with Crippen LogP contribution in [0.3, 0.4) is 0 Å². The molecule has 0 aliphatic heterocycles. The number of carbonyl (C=O) groups is 1. The molecule has 0 aliphatic rings. The summed E-state index contributed by atoms with van der Waals surface area (Å²) in [5.74, 6) is 0.690. The number of hydrogen-bond donors (Lipinski definition) is 1. The normalized spacial score (nSPS) is 11.0. The fraction of sp³-hybridized carbons (Fsp3) is 0.0476. The maximum atomic E-state index is 12.8. The van der Waals surface area contributed by atoms with E-state index in [-0.39, 0.29) is 11.8 Å². The van der Waals surface area contributed by atoms with E-state index >= 15 is 0 Å². The predicted molar refractivity (Wildman–Crippen MR) is 109 cm³/mol. The van der Waals surface area contributed by atoms with Gasteiger partial charge < -0.3 is 9.84 Å². The number of imidazole rings is 1. The Kier molecular flexibility index (Phi) is 4.25. The molecule has 4 aromatic heterocycles. The third-order valence-electron chi connectivity index (χ3n) is 4.58. The second-order valence-corrected chi connectivity index (χ2v) is 6.55. The first-order valence-electron chi connectivity index (χ1n) is 9.14. The zero-order valence-electron chi connectivity index (χ0n) is 15.9. The van der Waals surface area contributed by atoms with Crippen LogP contribution < -0.4 is 5.32 Å². The van der Waals surface area contributed by atoms with Gasteiger partial charge >= 0.3 is 0 Å². The predicted octanol–water partition coefficient (Wildman–Crippen LogP) is 3.40. The highest BCUT2D eigenvalue weighted by Crippen LogP contribution is 2.25. The summed E-state index contributed by atoms with van der Waals surface area (Å²) in [5, 5.41) is 6.95. The van der Waals surface area contributed by atoms with Crippen molar-refractivity contribution in [3.63, 3.8) is 0 Å². The molecule has 0 bridgehead atoms. The van der Waals surface area contributed by atoms with Crippen molar-refractivity contribution in [2.75, 3.05) is 5.32 Å². The molecule has 146 valence electrons. The van der Waals surface area contributed by atoms with Crippen molar-refractivity contribution in [3.05, 3.63) is 78.5 Å². The van der Waals surface area contributed by atoms with Crippen molar-refractivity contribution in [1.29, 1.82) is 0 Å². The molecule has 5 aromatic rings. The Balaban J connectivity index is 1.44. The Morgan fingerprint density at radius 3 is 2.77 bits per heavy atom. The van der Waals surface area contributed by atoms with Gasteiger partial charge in [-0.05, 0) is 36.8 Å². The van der Waals surface area contributed by atoms with Gasteiger partial charge in [0.25, 0.3) is 11.8 Å². The van der Waals surface area contributed by atoms with E-state index in [0.29, 0.717) is 34.2 Å². The van der Waals surface area contributed by atoms with Crippen LogP contribution in [-0.4, -0.2) is 35.4 Å². The van der Waals surface area contributed by atoms with Gasteiger partial charge in [-0.3, -0.25) is 9.20 Å². The lowest BCUT2D eigenvalue weighted by molar-refractivity contribution is 0.102. The minimum atomic E-state index is -0.263. The van der Waals surface area contributed by atoms with Crippen LogP contribution in [0.1, 0.15) is 16.1 Å². The Bertz CT molecular complexity index is 1360. The lowest BCUT2D eigenvalue weighted by atomic mass is 10.1. The van der Waals surface area contributed by atoms with E-state index < -0.39 is 0 Å². The Morgan fingerprint density at radius 1 is 1.03 bits per heavy atom. The van der Waals surface area contributed by atoms with Crippen molar-refractivity contribution < 1.29 is 9.32 Å². The molecule has 1 aromatic carbocycles. The molecule has 0 saturated carbocycles. The summed E-state index contributed by atoms with van der Waals surface area (Å²) in [6.45, 7) is 1.91. The van der Waals surface area contributed by atoms with Crippen molar-refractivity contribution in [2.45, 2.75) is 6.92 Å². The number of aryl methyl sites for hydroxylation is 1. The molecule has 0 atom stereocenters. The highest BCUT2D eigenvalue weighted by atomic mass is 16.5. The Hall–Kier alpha value is -4.40. The molecule has 0 unspecified atom stereocenters. The molecule has 9 heteroatoms. The highest BCUT2D eigenvalue weighted by Gasteiger charge is 2.16. The number of carbonyl (C=O) groups excluding carboxylic acids is 1. The molecule has 30 heavy (non-hydrogen) atoms. The van der Waals surface area contributed by atoms with E-state index in [1.54, 1.807) is 41.3 Å². The number of aromatic nitrogens is 6. The summed E-state index contributed by atoms with van der Waals surface area (Å²) >= 11 is 0. The van der Waals surface area contributed by atoms with Crippen LogP contribution in [0, 0.1) is 6.92 Å². The zero-order chi connectivity index (χ0) is 20.5. The van der Waals surface area contributed by atoms with E-state index in [4.69, 9.17) is 4.52 Å². The van der Waals surface area contributed by atoms with Crippen molar-refractivity contribution in [2.24, 2.45) is 0 Å². The molecule has 1 N–H and O–H groups in total. The van der Waals surface area contributed by atoms with E-state index in [0.717, 1.165) is 5.56 Å². The van der Waals surface area contributed by atoms with Crippen molar-refractivity contribution >= 4 is 17.2 Å². The average Bonchev–Trinajstić information content (AvgIpc) is 3.43. The topological polar surface area (TPSA) is 111 Å². The van der Waals surface area contributed by atoms with Gasteiger partial charge in [-0.2, -0.15) is 4.98 Å². The molecule has 1 amide bonds. The second kappa shape index (κ2) is 7.21. The highest BCUT2D eigenvalue weighted by molar-refractivity contribution is 6.04. The van der Waals surface area contributed by atoms with Crippen LogP contribution >= 0.6 is 0 Å². The lowest BCUT2D eigenvalue weighted by Gasteiger charge is -2.09. The van der Waals surface area contributed by atoms with Crippen LogP contribution in [0.15, 0.2) is 71.8 Å². The van der Waals surface area contributed by atoms with E-state index in [9.17, 15) is 4.79 Å². The number of anilines is 1. The molecule has 0 spiro atoms. The summed E-state index contributed by atoms with van der Waals surface area (Å²) in [4.78, 5) is 29.7. The standard InChI is InChI=1S/C21H15N7O2/c1-13-6-7-14(18-26-21(30-27-18)19-22-8-4-9-23-19)11-15(13)25-20(29)16-12-24-17-5-2-3-10-28(16)17/h2-12H,1H3,(H,25,29). The Morgan fingerprint density at radius 2 is 1.90 bits per heavy atom. The van der Waals surface area contributed by atoms with Gasteiger partial charge in [0.05, 0.1) is 6.20 Å². The monoisotopic (exact) mass is 397 g/mol. The second-order valence-electron chi connectivity index (χ2n) is 6.55. The molecular formula is C21H15N7O2. The molecule has 4 heterocycles. The van der Waals surface area contributed by atoms with Crippen molar-refractivity contribution in [3.8, 4) is 23.1 Å². The number of pyridine rings is 1. The van der Waals surface area contributed by atoms with Crippen LogP contribution in [0.25, 0.3) is 28.8 Å². The van der Waals surface area contributed by atoms with E-state index in [1.165, 1.54) is 0 Å². The average molecular weight is 397 g/mol. The number of amides is 1. The first-order valence-corrected chi connectivity index (χ1v) is 9.14. The fourth-order valence-electron chi connectivity index (χ4n) is 3.02. The van der Waals surface area contributed by atoms with Gasteiger partial charge in [0.2, 0.25) is 11.6 Å². The maximum absolute atomic E-state index is 12.8. The summed E-state index contributed by atoms with van der Waals surface area (Å²) in [7, 11) is 0. The minimum absolute atomic E-state index is 0.225. The van der Waals surface area contributed by atoms with E-state index in [1.807, 2.05) is 37.3 Å². The summed E-state index contributed by atoms with van der Waals surface area (Å²) in [5.41, 5.74) is 3.38. The lowest BCUT2D eigenvalue weighted by Crippen LogP contribution is -2.15. The third-order valence-corrected chi connectivity index (χ3v) is 4.58. The van der Waals surface area contributed by atoms with Gasteiger partial charge in [-0.15, -0.1) is 0 Å². The van der Waals surface area contributed by atoms with Gasteiger partial charge in [-0.1, -0.05) is 23.4 Å². The fourth-order valence-corrected chi connectivity index (χ4v) is 3.02. The number of hydrogen-bond acceptors (Lipinski definition) is 7. The smallest absolute Gasteiger partial charge is 0.296 e. The number of benzene rings is 1. The van der Waals surface area contributed by atoms with Gasteiger partial charge in [0, 0.05) is 29.8 Å². The molecule has 9 nitrogen and oxygen atoms in total. The first-order chi connectivity index (χ1) is 14.7. The number of rotatable bonds is 4. The molecule has 0 saturated heterocycles. The summed E-state index contributed by atoms with van der Waals surface area (Å²) in [6, 6.07) is 12.8. The number of nitrogens with zero attached hydrogens (tertiary/aromatic N) is 6. The minimum Gasteiger partial charge on any atom is -0.330 e. The largest absolute Gasteiger partial charge is 0.330 e. The zero-order valence-corrected chi connectivity index (χ0v) is 15.9. The van der Waals surface area contributed by atoms with Crippen LogP contribution in [-0.2, 0) is 0 Å². The Labute approximate surface area is 170 Å². The molecule has 0 fully saturated rings. The van der Waals surface area contributed by atoms with Crippen LogP contribution in [0.5, 0.6) is 0 Å². The van der Waals surface area contributed by atoms with Crippen molar-refractivity contribution in [1.82, 2.24) is 29.5 Å². The summed E-state index contributed by atoms with van der Waals surface area (Å²) < 4.78 is 7.01. The quantitative estimate of drug-likeness (QED) is 0.495. The third kappa shape index (κ3) is 3.18.